The summed E-state index contributed by atoms with van der Waals surface area (Å²) < 4.78 is 0. The largest absolute Gasteiger partial charge is 0.476 e. The standard InChI is InChI=1S/C11H12N2O3/c1-7(2)6-9(14)13-8-4-3-5-12-10(8)11(15)16/h3-6H,1-2H3,(H,13,14)(H,15,16). The minimum absolute atomic E-state index is 0.169. The molecular weight excluding hydrogens is 208 g/mol. The summed E-state index contributed by atoms with van der Waals surface area (Å²) in [6.45, 7) is 3.56. The van der Waals surface area contributed by atoms with E-state index in [0.29, 0.717) is 0 Å². The number of rotatable bonds is 3. The number of carbonyl (C=O) groups excluding carboxylic acids is 1. The van der Waals surface area contributed by atoms with Gasteiger partial charge in [0.15, 0.2) is 5.69 Å². The smallest absolute Gasteiger partial charge is 0.356 e. The summed E-state index contributed by atoms with van der Waals surface area (Å²) in [7, 11) is 0. The van der Waals surface area contributed by atoms with Crippen molar-refractivity contribution < 1.29 is 14.7 Å². The molecule has 0 aliphatic carbocycles. The zero-order chi connectivity index (χ0) is 12.1. The van der Waals surface area contributed by atoms with Crippen molar-refractivity contribution >= 4 is 17.6 Å². The van der Waals surface area contributed by atoms with Crippen LogP contribution in [0.25, 0.3) is 0 Å². The predicted octanol–water partition coefficient (Wildman–Crippen LogP) is 1.68. The lowest BCUT2D eigenvalue weighted by molar-refractivity contribution is -0.111. The lowest BCUT2D eigenvalue weighted by Crippen LogP contribution is -2.13. The molecule has 1 aromatic rings. The third kappa shape index (κ3) is 3.20. The highest BCUT2D eigenvalue weighted by molar-refractivity contribution is 6.03. The highest BCUT2D eigenvalue weighted by Gasteiger charge is 2.11. The Balaban J connectivity index is 2.93. The van der Waals surface area contributed by atoms with E-state index in [0.717, 1.165) is 5.57 Å². The second kappa shape index (κ2) is 5.06. The molecule has 0 saturated heterocycles. The number of carboxylic acids is 1. The van der Waals surface area contributed by atoms with Gasteiger partial charge in [0.05, 0.1) is 5.69 Å². The van der Waals surface area contributed by atoms with Crippen LogP contribution < -0.4 is 5.32 Å². The Kier molecular flexibility index (Phi) is 3.77. The molecule has 2 N–H and O–H groups in total. The van der Waals surface area contributed by atoms with Crippen LogP contribution in [0.4, 0.5) is 5.69 Å². The molecule has 0 radical (unpaired) electrons. The maximum Gasteiger partial charge on any atom is 0.356 e. The number of allylic oxidation sites excluding steroid dienone is 1. The Hall–Kier alpha value is -2.17. The van der Waals surface area contributed by atoms with Crippen LogP contribution in [-0.2, 0) is 4.79 Å². The van der Waals surface area contributed by atoms with Gasteiger partial charge in [-0.05, 0) is 26.0 Å². The summed E-state index contributed by atoms with van der Waals surface area (Å²) in [4.78, 5) is 25.9. The van der Waals surface area contributed by atoms with Crippen LogP contribution in [-0.4, -0.2) is 22.0 Å². The van der Waals surface area contributed by atoms with Crippen LogP contribution in [0.2, 0.25) is 0 Å². The van der Waals surface area contributed by atoms with Crippen molar-refractivity contribution in [3.63, 3.8) is 0 Å². The average molecular weight is 220 g/mol. The Labute approximate surface area is 92.8 Å². The fraction of sp³-hybridized carbons (Fsp3) is 0.182. The second-order valence-corrected chi connectivity index (χ2v) is 3.42. The fourth-order valence-corrected chi connectivity index (χ4v) is 1.11. The quantitative estimate of drug-likeness (QED) is 0.759. The summed E-state index contributed by atoms with van der Waals surface area (Å²) in [5.74, 6) is -1.54. The van der Waals surface area contributed by atoms with E-state index in [1.807, 2.05) is 0 Å². The molecule has 1 aromatic heterocycles. The number of aromatic carboxylic acids is 1. The van der Waals surface area contributed by atoms with Gasteiger partial charge in [0, 0.05) is 12.3 Å². The van der Waals surface area contributed by atoms with Crippen LogP contribution >= 0.6 is 0 Å². The molecule has 0 aromatic carbocycles. The number of hydrogen-bond donors (Lipinski definition) is 2. The lowest BCUT2D eigenvalue weighted by Gasteiger charge is -2.04. The molecule has 0 unspecified atom stereocenters. The van der Waals surface area contributed by atoms with E-state index in [1.54, 1.807) is 19.9 Å². The summed E-state index contributed by atoms with van der Waals surface area (Å²) in [6, 6.07) is 3.05. The molecule has 1 rings (SSSR count). The first-order valence-electron chi connectivity index (χ1n) is 4.65. The number of hydrogen-bond acceptors (Lipinski definition) is 3. The van der Waals surface area contributed by atoms with Crippen molar-refractivity contribution in [1.82, 2.24) is 4.98 Å². The zero-order valence-electron chi connectivity index (χ0n) is 9.02. The zero-order valence-corrected chi connectivity index (χ0v) is 9.02. The Bertz CT molecular complexity index is 448. The van der Waals surface area contributed by atoms with E-state index in [-0.39, 0.29) is 17.3 Å². The van der Waals surface area contributed by atoms with Gasteiger partial charge in [0.25, 0.3) is 0 Å². The molecule has 0 aliphatic heterocycles. The Morgan fingerprint density at radius 3 is 2.69 bits per heavy atom. The number of nitrogens with one attached hydrogen (secondary N) is 1. The number of nitrogens with zero attached hydrogens (tertiary/aromatic N) is 1. The molecule has 0 fully saturated rings. The van der Waals surface area contributed by atoms with Gasteiger partial charge in [0.1, 0.15) is 0 Å². The van der Waals surface area contributed by atoms with E-state index >= 15 is 0 Å². The van der Waals surface area contributed by atoms with Gasteiger partial charge in [-0.25, -0.2) is 9.78 Å². The first-order chi connectivity index (χ1) is 7.50. The molecule has 0 saturated carbocycles. The van der Waals surface area contributed by atoms with Gasteiger partial charge in [-0.1, -0.05) is 5.57 Å². The van der Waals surface area contributed by atoms with Gasteiger partial charge >= 0.3 is 5.97 Å². The molecular formula is C11H12N2O3. The fourth-order valence-electron chi connectivity index (χ4n) is 1.11. The van der Waals surface area contributed by atoms with Crippen molar-refractivity contribution in [3.05, 3.63) is 35.7 Å². The number of anilines is 1. The summed E-state index contributed by atoms with van der Waals surface area (Å²) in [5.41, 5.74) is 0.855. The number of amides is 1. The highest BCUT2D eigenvalue weighted by atomic mass is 16.4. The van der Waals surface area contributed by atoms with E-state index in [2.05, 4.69) is 10.3 Å². The van der Waals surface area contributed by atoms with Crippen LogP contribution in [0, 0.1) is 0 Å². The molecule has 1 amide bonds. The normalized spacial score (nSPS) is 9.38. The maximum atomic E-state index is 11.4. The summed E-state index contributed by atoms with van der Waals surface area (Å²) in [5, 5.41) is 11.3. The minimum atomic E-state index is -1.17. The monoisotopic (exact) mass is 220 g/mol. The van der Waals surface area contributed by atoms with Crippen LogP contribution in [0.5, 0.6) is 0 Å². The van der Waals surface area contributed by atoms with E-state index in [1.165, 1.54) is 18.3 Å². The summed E-state index contributed by atoms with van der Waals surface area (Å²) in [6.07, 6.45) is 2.75. The van der Waals surface area contributed by atoms with Gasteiger partial charge in [-0.15, -0.1) is 0 Å². The highest BCUT2D eigenvalue weighted by Crippen LogP contribution is 2.12. The van der Waals surface area contributed by atoms with Crippen LogP contribution in [0.1, 0.15) is 24.3 Å². The third-order valence-corrected chi connectivity index (χ3v) is 1.69. The van der Waals surface area contributed by atoms with E-state index in [4.69, 9.17) is 5.11 Å². The van der Waals surface area contributed by atoms with Crippen LogP contribution in [0.3, 0.4) is 0 Å². The maximum absolute atomic E-state index is 11.4. The van der Waals surface area contributed by atoms with Crippen molar-refractivity contribution in [2.45, 2.75) is 13.8 Å². The van der Waals surface area contributed by atoms with E-state index < -0.39 is 5.97 Å². The SMILES string of the molecule is CC(C)=CC(=O)Nc1cccnc1C(=O)O. The second-order valence-electron chi connectivity index (χ2n) is 3.42. The van der Waals surface area contributed by atoms with Gasteiger partial charge in [0.2, 0.25) is 5.91 Å². The minimum Gasteiger partial charge on any atom is -0.476 e. The van der Waals surface area contributed by atoms with Gasteiger partial charge < -0.3 is 10.4 Å². The Morgan fingerprint density at radius 2 is 2.12 bits per heavy atom. The molecule has 0 bridgehead atoms. The number of carbonyl (C=O) groups is 2. The molecule has 16 heavy (non-hydrogen) atoms. The molecule has 0 aliphatic rings. The molecule has 0 atom stereocenters. The third-order valence-electron chi connectivity index (χ3n) is 1.69. The Morgan fingerprint density at radius 1 is 1.44 bits per heavy atom. The topological polar surface area (TPSA) is 79.3 Å². The molecule has 5 heteroatoms. The number of pyridine rings is 1. The molecule has 84 valence electrons. The van der Waals surface area contributed by atoms with Gasteiger partial charge in [-0.2, -0.15) is 0 Å². The first-order valence-corrected chi connectivity index (χ1v) is 4.65. The number of aromatic nitrogens is 1. The van der Waals surface area contributed by atoms with Crippen molar-refractivity contribution in [2.75, 3.05) is 5.32 Å². The number of carboxylic acid groups (broad SMARTS) is 1. The van der Waals surface area contributed by atoms with Gasteiger partial charge in [-0.3, -0.25) is 4.79 Å². The van der Waals surface area contributed by atoms with Crippen molar-refractivity contribution in [1.29, 1.82) is 0 Å². The molecule has 5 nitrogen and oxygen atoms in total. The van der Waals surface area contributed by atoms with E-state index in [9.17, 15) is 9.59 Å². The van der Waals surface area contributed by atoms with Crippen LogP contribution in [0.15, 0.2) is 30.0 Å². The first kappa shape index (κ1) is 11.9. The summed E-state index contributed by atoms with van der Waals surface area (Å²) >= 11 is 0. The van der Waals surface area contributed by atoms with Crippen molar-refractivity contribution in [2.24, 2.45) is 0 Å². The lowest BCUT2D eigenvalue weighted by atomic mass is 10.2. The van der Waals surface area contributed by atoms with Crippen molar-refractivity contribution in [3.8, 4) is 0 Å². The molecule has 1 heterocycles. The average Bonchev–Trinajstić information content (AvgIpc) is 2.16. The molecule has 0 spiro atoms. The predicted molar refractivity (Wildman–Crippen MR) is 59.3 cm³/mol.